The Kier molecular flexibility index (Phi) is 4.09. The highest BCUT2D eigenvalue weighted by atomic mass is 127. The van der Waals surface area contributed by atoms with Crippen LogP contribution in [0.1, 0.15) is 0 Å². The molecule has 12 heavy (non-hydrogen) atoms. The minimum atomic E-state index is -1.43. The third-order valence-corrected chi connectivity index (χ3v) is 3.31. The minimum absolute atomic E-state index is 0.514. The van der Waals surface area contributed by atoms with Crippen LogP contribution in [-0.2, 0) is 0 Å². The molecule has 0 atom stereocenters. The van der Waals surface area contributed by atoms with Gasteiger partial charge in [-0.3, -0.25) is 0 Å². The van der Waals surface area contributed by atoms with Crippen LogP contribution in [0.5, 0.6) is 0 Å². The predicted octanol–water partition coefficient (Wildman–Crippen LogP) is 1.23. The number of rotatable bonds is 1. The Bertz CT molecular complexity index is 283. The maximum atomic E-state index is 8.98. The van der Waals surface area contributed by atoms with Gasteiger partial charge in [-0.15, -0.1) is 0 Å². The third-order valence-electron chi connectivity index (χ3n) is 1.30. The number of hydrogen-bond donors (Lipinski definition) is 2. The van der Waals surface area contributed by atoms with Gasteiger partial charge in [-0.1, -0.05) is 11.6 Å². The molecular weight excluding hydrogens is 404 g/mol. The van der Waals surface area contributed by atoms with Gasteiger partial charge in [0.2, 0.25) is 0 Å². The first-order valence-electron chi connectivity index (χ1n) is 3.03. The molecule has 0 fully saturated rings. The molecule has 0 amide bonds. The highest BCUT2D eigenvalue weighted by Gasteiger charge is 2.18. The monoisotopic (exact) mass is 408 g/mol. The van der Waals surface area contributed by atoms with Crippen LogP contribution in [0.4, 0.5) is 0 Å². The fraction of sp³-hybridized carbons (Fsp3) is 0. The van der Waals surface area contributed by atoms with Crippen molar-refractivity contribution in [2.24, 2.45) is 0 Å². The fourth-order valence-corrected chi connectivity index (χ4v) is 3.71. The lowest BCUT2D eigenvalue weighted by atomic mass is 9.80. The molecule has 0 bridgehead atoms. The van der Waals surface area contributed by atoms with Crippen molar-refractivity contribution in [1.29, 1.82) is 0 Å². The second-order valence-electron chi connectivity index (χ2n) is 2.16. The zero-order valence-corrected chi connectivity index (χ0v) is 10.8. The summed E-state index contributed by atoms with van der Waals surface area (Å²) in [5.41, 5.74) is 0.514. The van der Waals surface area contributed by atoms with Crippen LogP contribution in [0.25, 0.3) is 0 Å². The van der Waals surface area contributed by atoms with Gasteiger partial charge in [-0.25, -0.2) is 0 Å². The van der Waals surface area contributed by atoms with Crippen molar-refractivity contribution in [2.75, 3.05) is 0 Å². The lowest BCUT2D eigenvalue weighted by Gasteiger charge is -2.06. The van der Waals surface area contributed by atoms with Gasteiger partial charge in [0.25, 0.3) is 0 Å². The quantitative estimate of drug-likeness (QED) is 0.543. The Balaban J connectivity index is 3.28. The molecule has 0 unspecified atom stereocenters. The summed E-state index contributed by atoms with van der Waals surface area (Å²) < 4.78 is 1.53. The first kappa shape index (κ1) is 11.0. The SMILES string of the molecule is OB(O)c1c(I)cc(Cl)cc1I. The molecule has 0 saturated heterocycles. The van der Waals surface area contributed by atoms with E-state index >= 15 is 0 Å². The Labute approximate surface area is 103 Å². The van der Waals surface area contributed by atoms with E-state index in [9.17, 15) is 0 Å². The van der Waals surface area contributed by atoms with Crippen molar-refractivity contribution >= 4 is 69.4 Å². The summed E-state index contributed by atoms with van der Waals surface area (Å²) in [4.78, 5) is 0. The van der Waals surface area contributed by atoms with Gasteiger partial charge in [0, 0.05) is 17.6 Å². The van der Waals surface area contributed by atoms with Crippen LogP contribution in [-0.4, -0.2) is 17.2 Å². The highest BCUT2D eigenvalue weighted by molar-refractivity contribution is 14.1. The molecule has 0 aliphatic heterocycles. The van der Waals surface area contributed by atoms with Gasteiger partial charge in [-0.2, -0.15) is 0 Å². The summed E-state index contributed by atoms with van der Waals surface area (Å²) in [6, 6.07) is 3.39. The Morgan fingerprint density at radius 1 is 1.17 bits per heavy atom. The van der Waals surface area contributed by atoms with E-state index in [4.69, 9.17) is 21.6 Å². The average molecular weight is 408 g/mol. The number of hydrogen-bond acceptors (Lipinski definition) is 2. The molecule has 0 aliphatic carbocycles. The molecule has 64 valence electrons. The van der Waals surface area contributed by atoms with Crippen molar-refractivity contribution in [3.05, 3.63) is 24.3 Å². The molecule has 2 nitrogen and oxygen atoms in total. The first-order valence-corrected chi connectivity index (χ1v) is 5.56. The third kappa shape index (κ3) is 2.47. The van der Waals surface area contributed by atoms with Gasteiger partial charge in [-0.05, 0) is 57.3 Å². The van der Waals surface area contributed by atoms with Crippen LogP contribution >= 0.6 is 56.8 Å². The number of benzene rings is 1. The molecule has 1 rings (SSSR count). The lowest BCUT2D eigenvalue weighted by Crippen LogP contribution is -2.34. The molecule has 1 aromatic carbocycles. The van der Waals surface area contributed by atoms with E-state index in [1.54, 1.807) is 12.1 Å². The normalized spacial score (nSPS) is 10.1. The zero-order valence-electron chi connectivity index (χ0n) is 5.76. The summed E-state index contributed by atoms with van der Waals surface area (Å²) in [5, 5.41) is 18.6. The second kappa shape index (κ2) is 4.45. The standard InChI is InChI=1S/C6H4BClI2O2/c8-3-1-4(9)6(7(11)12)5(10)2-3/h1-2,11-12H. The van der Waals surface area contributed by atoms with E-state index in [-0.39, 0.29) is 0 Å². The minimum Gasteiger partial charge on any atom is -0.423 e. The summed E-state index contributed by atoms with van der Waals surface area (Å²) in [7, 11) is -1.43. The molecule has 0 aliphatic rings. The van der Waals surface area contributed by atoms with E-state index in [1.165, 1.54) is 0 Å². The van der Waals surface area contributed by atoms with Crippen LogP contribution in [0, 0.1) is 7.14 Å². The molecule has 0 radical (unpaired) electrons. The van der Waals surface area contributed by atoms with E-state index in [2.05, 4.69) is 0 Å². The first-order chi connectivity index (χ1) is 5.52. The van der Waals surface area contributed by atoms with E-state index < -0.39 is 7.12 Å². The van der Waals surface area contributed by atoms with E-state index in [0.717, 1.165) is 7.14 Å². The van der Waals surface area contributed by atoms with Crippen LogP contribution in [0.15, 0.2) is 12.1 Å². The molecular formula is C6H4BClI2O2. The summed E-state index contributed by atoms with van der Waals surface area (Å²) >= 11 is 9.79. The fourth-order valence-electron chi connectivity index (χ4n) is 0.800. The maximum Gasteiger partial charge on any atom is 0.490 e. The summed E-state index contributed by atoms with van der Waals surface area (Å²) in [6.07, 6.45) is 0. The molecule has 0 heterocycles. The molecule has 6 heteroatoms. The predicted molar refractivity (Wildman–Crippen MR) is 66.7 cm³/mol. The Morgan fingerprint density at radius 2 is 1.58 bits per heavy atom. The van der Waals surface area contributed by atoms with Crippen molar-refractivity contribution in [1.82, 2.24) is 0 Å². The Morgan fingerprint density at radius 3 is 1.92 bits per heavy atom. The van der Waals surface area contributed by atoms with Gasteiger partial charge in [0.1, 0.15) is 0 Å². The Hall–Kier alpha value is 0.955. The smallest absolute Gasteiger partial charge is 0.423 e. The number of halogens is 3. The van der Waals surface area contributed by atoms with E-state index in [1.807, 2.05) is 45.2 Å². The van der Waals surface area contributed by atoms with Crippen LogP contribution in [0.2, 0.25) is 5.02 Å². The van der Waals surface area contributed by atoms with Crippen LogP contribution < -0.4 is 5.46 Å². The largest absolute Gasteiger partial charge is 0.490 e. The molecule has 0 saturated carbocycles. The van der Waals surface area contributed by atoms with Gasteiger partial charge in [0.05, 0.1) is 0 Å². The van der Waals surface area contributed by atoms with Crippen molar-refractivity contribution in [2.45, 2.75) is 0 Å². The highest BCUT2D eigenvalue weighted by Crippen LogP contribution is 2.16. The van der Waals surface area contributed by atoms with Crippen molar-refractivity contribution < 1.29 is 10.0 Å². The van der Waals surface area contributed by atoms with Gasteiger partial charge >= 0.3 is 7.12 Å². The maximum absolute atomic E-state index is 8.98. The van der Waals surface area contributed by atoms with Crippen molar-refractivity contribution in [3.8, 4) is 0 Å². The zero-order chi connectivity index (χ0) is 9.30. The molecule has 0 spiro atoms. The van der Waals surface area contributed by atoms with E-state index in [0.29, 0.717) is 10.5 Å². The second-order valence-corrected chi connectivity index (χ2v) is 4.92. The van der Waals surface area contributed by atoms with Crippen molar-refractivity contribution in [3.63, 3.8) is 0 Å². The lowest BCUT2D eigenvalue weighted by molar-refractivity contribution is 0.425. The molecule has 1 aromatic rings. The average Bonchev–Trinajstić information content (AvgIpc) is 1.82. The van der Waals surface area contributed by atoms with Crippen LogP contribution in [0.3, 0.4) is 0 Å². The molecule has 2 N–H and O–H groups in total. The summed E-state index contributed by atoms with van der Waals surface area (Å²) in [6.45, 7) is 0. The van der Waals surface area contributed by atoms with Gasteiger partial charge in [0.15, 0.2) is 0 Å². The van der Waals surface area contributed by atoms with Gasteiger partial charge < -0.3 is 10.0 Å². The summed E-state index contributed by atoms with van der Waals surface area (Å²) in [5.74, 6) is 0. The topological polar surface area (TPSA) is 40.5 Å². The molecule has 0 aromatic heterocycles.